The number of aromatic amines is 1. The smallest absolute Gasteiger partial charge is 0.240 e. The van der Waals surface area contributed by atoms with Gasteiger partial charge in [0, 0.05) is 17.6 Å². The van der Waals surface area contributed by atoms with Gasteiger partial charge >= 0.3 is 0 Å². The molecule has 1 unspecified atom stereocenters. The third-order valence-corrected chi connectivity index (χ3v) is 9.09. The molecule has 1 heterocycles. The van der Waals surface area contributed by atoms with Gasteiger partial charge in [-0.2, -0.15) is 0 Å². The minimum absolute atomic E-state index is 0.00643. The molecule has 5 aromatic rings. The first-order chi connectivity index (χ1) is 21.2. The summed E-state index contributed by atoms with van der Waals surface area (Å²) in [5, 5.41) is 12.9. The Kier molecular flexibility index (Phi) is 9.82. The molecule has 0 aliphatic carbocycles. The van der Waals surface area contributed by atoms with Crippen LogP contribution in [0.1, 0.15) is 21.6 Å². The number of H-pyrrole nitrogens is 1. The molecule has 10 nitrogen and oxygen atoms in total. The lowest BCUT2D eigenvalue weighted by Gasteiger charge is -2.29. The minimum atomic E-state index is -4.38. The fourth-order valence-electron chi connectivity index (χ4n) is 4.67. The molecule has 0 amide bonds. The number of methoxy groups -OCH3 is 5. The van der Waals surface area contributed by atoms with Crippen LogP contribution in [0.2, 0.25) is 0 Å². The first kappa shape index (κ1) is 31.9. The number of sulfone groups is 1. The van der Waals surface area contributed by atoms with E-state index in [-0.39, 0.29) is 27.7 Å². The molecule has 0 spiro atoms. The average molecular weight is 620 g/mol. The molecule has 11 heteroatoms. The zero-order valence-electron chi connectivity index (χ0n) is 24.9. The van der Waals surface area contributed by atoms with Gasteiger partial charge in [0.2, 0.25) is 14.8 Å². The van der Waals surface area contributed by atoms with Crippen LogP contribution in [-0.2, 0) is 14.8 Å². The molecule has 0 aliphatic rings. The molecule has 230 valence electrons. The van der Waals surface area contributed by atoms with Gasteiger partial charge in [0.1, 0.15) is 17.2 Å². The number of carbonyl (C=O) groups excluding carboxylic acids is 1. The van der Waals surface area contributed by atoms with Gasteiger partial charge in [0.15, 0.2) is 17.8 Å². The summed E-state index contributed by atoms with van der Waals surface area (Å²) < 4.78 is 54.0. The Morgan fingerprint density at radius 3 is 1.89 bits per heavy atom. The van der Waals surface area contributed by atoms with Gasteiger partial charge in [0.25, 0.3) is 0 Å². The zero-order chi connectivity index (χ0) is 31.9. The number of hydrogen-bond acceptors (Lipinski definition) is 9. The minimum Gasteiger partial charge on any atom is -0.497 e. The SMILES string of the molecule is COc1cc(OC)c(C(O)(c2cc3ccccc3[nH]2)S(=O)(=O)c2ccccc2)cc1OC.COc1ccc(C=O)c(OC)c1. The number of benzene rings is 4. The number of ether oxygens (including phenoxy) is 5. The second-order valence-electron chi connectivity index (χ2n) is 9.36. The molecule has 0 fully saturated rings. The van der Waals surface area contributed by atoms with Crippen LogP contribution < -0.4 is 23.7 Å². The van der Waals surface area contributed by atoms with Crippen molar-refractivity contribution >= 4 is 27.0 Å². The van der Waals surface area contributed by atoms with Gasteiger partial charge < -0.3 is 33.8 Å². The molecule has 0 saturated heterocycles. The summed E-state index contributed by atoms with van der Waals surface area (Å²) >= 11 is 0. The zero-order valence-corrected chi connectivity index (χ0v) is 25.7. The number of hydrogen-bond donors (Lipinski definition) is 2. The van der Waals surface area contributed by atoms with Gasteiger partial charge in [-0.15, -0.1) is 0 Å². The van der Waals surface area contributed by atoms with Crippen molar-refractivity contribution in [1.82, 2.24) is 4.98 Å². The van der Waals surface area contributed by atoms with Gasteiger partial charge in [-0.25, -0.2) is 8.42 Å². The molecule has 1 atom stereocenters. The second kappa shape index (κ2) is 13.5. The van der Waals surface area contributed by atoms with Gasteiger partial charge in [-0.05, 0) is 47.9 Å². The Morgan fingerprint density at radius 1 is 0.682 bits per heavy atom. The number of aromatic nitrogens is 1. The normalized spacial score (nSPS) is 12.3. The fourth-order valence-corrected chi connectivity index (χ4v) is 6.38. The van der Waals surface area contributed by atoms with Crippen LogP contribution in [0.5, 0.6) is 28.7 Å². The highest BCUT2D eigenvalue weighted by Gasteiger charge is 2.50. The lowest BCUT2D eigenvalue weighted by Crippen LogP contribution is -2.38. The number of carbonyl (C=O) groups is 1. The first-order valence-corrected chi connectivity index (χ1v) is 14.7. The van der Waals surface area contributed by atoms with Gasteiger partial charge in [-0.1, -0.05) is 36.4 Å². The van der Waals surface area contributed by atoms with Crippen molar-refractivity contribution in [2.45, 2.75) is 9.83 Å². The van der Waals surface area contributed by atoms with Crippen LogP contribution in [0.4, 0.5) is 0 Å². The van der Waals surface area contributed by atoms with E-state index in [2.05, 4.69) is 4.98 Å². The second-order valence-corrected chi connectivity index (χ2v) is 11.4. The quantitative estimate of drug-likeness (QED) is 0.198. The summed E-state index contributed by atoms with van der Waals surface area (Å²) in [5.41, 5.74) is 1.28. The number of aliphatic hydroxyl groups is 1. The van der Waals surface area contributed by atoms with Crippen LogP contribution in [0.25, 0.3) is 10.9 Å². The largest absolute Gasteiger partial charge is 0.497 e. The van der Waals surface area contributed by atoms with E-state index in [1.54, 1.807) is 55.6 Å². The topological polar surface area (TPSA) is 133 Å². The number of nitrogens with one attached hydrogen (secondary N) is 1. The van der Waals surface area contributed by atoms with E-state index in [0.29, 0.717) is 28.3 Å². The number of rotatable bonds is 10. The van der Waals surface area contributed by atoms with Crippen molar-refractivity contribution in [2.24, 2.45) is 0 Å². The number of fused-ring (bicyclic) bond motifs is 1. The van der Waals surface area contributed by atoms with E-state index >= 15 is 0 Å². The highest BCUT2D eigenvalue weighted by atomic mass is 32.2. The fraction of sp³-hybridized carbons (Fsp3) is 0.182. The van der Waals surface area contributed by atoms with Crippen molar-refractivity contribution in [1.29, 1.82) is 0 Å². The summed E-state index contributed by atoms with van der Waals surface area (Å²) in [4.78, 5) is 11.0. The Labute approximate surface area is 255 Å². The van der Waals surface area contributed by atoms with E-state index in [9.17, 15) is 18.3 Å². The molecule has 5 rings (SSSR count). The van der Waals surface area contributed by atoms with Crippen LogP contribution in [0.15, 0.2) is 95.9 Å². The van der Waals surface area contributed by atoms with Crippen LogP contribution >= 0.6 is 0 Å². The summed E-state index contributed by atoms with van der Waals surface area (Å²) in [7, 11) is 2.98. The summed E-state index contributed by atoms with van der Waals surface area (Å²) in [5.74, 6) is 1.93. The van der Waals surface area contributed by atoms with Crippen molar-refractivity contribution < 1.29 is 42.0 Å². The summed E-state index contributed by atoms with van der Waals surface area (Å²) in [6.07, 6.45) is 0.748. The van der Waals surface area contributed by atoms with Crippen LogP contribution in [0.3, 0.4) is 0 Å². The van der Waals surface area contributed by atoms with E-state index in [1.807, 2.05) is 18.2 Å². The highest BCUT2D eigenvalue weighted by molar-refractivity contribution is 7.92. The number of aldehydes is 1. The van der Waals surface area contributed by atoms with Crippen LogP contribution in [0, 0.1) is 0 Å². The Balaban J connectivity index is 0.000000309. The predicted molar refractivity (Wildman–Crippen MR) is 166 cm³/mol. The molecule has 1 aromatic heterocycles. The Bertz CT molecular complexity index is 1820. The highest BCUT2D eigenvalue weighted by Crippen LogP contribution is 2.47. The van der Waals surface area contributed by atoms with E-state index in [0.717, 1.165) is 11.7 Å². The third-order valence-electron chi connectivity index (χ3n) is 6.98. The molecule has 44 heavy (non-hydrogen) atoms. The Morgan fingerprint density at radius 2 is 1.30 bits per heavy atom. The maximum Gasteiger partial charge on any atom is 0.240 e. The molecule has 0 radical (unpaired) electrons. The van der Waals surface area contributed by atoms with Crippen molar-refractivity contribution in [3.05, 3.63) is 108 Å². The lowest BCUT2D eigenvalue weighted by molar-refractivity contribution is 0.112. The van der Waals surface area contributed by atoms with Gasteiger partial charge in [-0.3, -0.25) is 4.79 Å². The van der Waals surface area contributed by atoms with Crippen molar-refractivity contribution in [2.75, 3.05) is 35.5 Å². The lowest BCUT2D eigenvalue weighted by atomic mass is 10.0. The summed E-state index contributed by atoms with van der Waals surface area (Å²) in [6, 6.07) is 24.7. The maximum absolute atomic E-state index is 14.0. The molecule has 0 aliphatic heterocycles. The van der Waals surface area contributed by atoms with Crippen molar-refractivity contribution in [3.63, 3.8) is 0 Å². The first-order valence-electron chi connectivity index (χ1n) is 13.3. The maximum atomic E-state index is 14.0. The average Bonchev–Trinajstić information content (AvgIpc) is 3.52. The molecular weight excluding hydrogens is 586 g/mol. The van der Waals surface area contributed by atoms with Crippen LogP contribution in [-0.4, -0.2) is 60.3 Å². The molecule has 0 bridgehead atoms. The third kappa shape index (κ3) is 5.92. The molecule has 0 saturated carbocycles. The predicted octanol–water partition coefficient (Wildman–Crippen LogP) is 5.38. The van der Waals surface area contributed by atoms with E-state index in [1.165, 1.54) is 52.7 Å². The molecular formula is C33H33NO9S. The monoisotopic (exact) mass is 619 g/mol. The van der Waals surface area contributed by atoms with E-state index < -0.39 is 14.8 Å². The van der Waals surface area contributed by atoms with Crippen molar-refractivity contribution in [3.8, 4) is 28.7 Å². The number of para-hydroxylation sites is 1. The van der Waals surface area contributed by atoms with Gasteiger partial charge in [0.05, 0.1) is 57.3 Å². The molecule has 2 N–H and O–H groups in total. The summed E-state index contributed by atoms with van der Waals surface area (Å²) in [6.45, 7) is 0. The Hall–Kier alpha value is -5.00. The molecule has 4 aromatic carbocycles. The van der Waals surface area contributed by atoms with E-state index in [4.69, 9.17) is 23.7 Å². The standard InChI is InChI=1S/C24H23NO6S.C9H10O3/c1-29-20-15-22(31-3)21(30-2)14-18(20)24(26,32(27,28)17-10-5-4-6-11-17)23-13-16-9-7-8-12-19(16)25-23;1-11-8-4-3-7(6-10)9(5-8)12-2/h4-15,25-26H,1-3H3;3-6H,1-2H3.